The predicted octanol–water partition coefficient (Wildman–Crippen LogP) is 3.47. The first-order valence-corrected chi connectivity index (χ1v) is 13.4. The molecule has 0 bridgehead atoms. The van der Waals surface area contributed by atoms with Gasteiger partial charge >= 0.3 is 6.01 Å². The Balaban J connectivity index is 1.34. The van der Waals surface area contributed by atoms with Gasteiger partial charge in [-0.3, -0.25) is 4.40 Å². The molecule has 1 aliphatic rings. The van der Waals surface area contributed by atoms with Crippen molar-refractivity contribution in [1.82, 2.24) is 29.5 Å². The molecule has 4 aromatic heterocycles. The maximum absolute atomic E-state index is 11.8. The van der Waals surface area contributed by atoms with Crippen molar-refractivity contribution in [3.63, 3.8) is 0 Å². The van der Waals surface area contributed by atoms with Crippen LogP contribution in [0.1, 0.15) is 55.9 Å². The maximum atomic E-state index is 11.8. The molecule has 0 amide bonds. The molecular formula is C23H28N8O3S. The number of imidazole rings is 1. The summed E-state index contributed by atoms with van der Waals surface area (Å²) in [6.45, 7) is 7.48. The van der Waals surface area contributed by atoms with Crippen molar-refractivity contribution in [3.05, 3.63) is 48.1 Å². The first kappa shape index (κ1) is 23.2. The minimum absolute atomic E-state index is 0.0469. The van der Waals surface area contributed by atoms with E-state index < -0.39 is 9.84 Å². The smallest absolute Gasteiger partial charge is 0.324 e. The average molecular weight is 497 g/mol. The van der Waals surface area contributed by atoms with Gasteiger partial charge in [-0.05, 0) is 31.9 Å². The van der Waals surface area contributed by atoms with Crippen LogP contribution >= 0.6 is 0 Å². The number of hydrogen-bond acceptors (Lipinski definition) is 10. The molecule has 1 aliphatic heterocycles. The fraction of sp³-hybridized carbons (Fsp3) is 0.435. The number of nitrogens with zero attached hydrogens (tertiary/aromatic N) is 7. The summed E-state index contributed by atoms with van der Waals surface area (Å²) < 4.78 is 31.1. The Morgan fingerprint density at radius 3 is 2.57 bits per heavy atom. The quantitative estimate of drug-likeness (QED) is 0.423. The van der Waals surface area contributed by atoms with Gasteiger partial charge in [0.2, 0.25) is 0 Å². The van der Waals surface area contributed by atoms with Crippen molar-refractivity contribution in [3.8, 4) is 0 Å². The molecule has 35 heavy (non-hydrogen) atoms. The molecule has 0 atom stereocenters. The van der Waals surface area contributed by atoms with Crippen LogP contribution in [0.15, 0.2) is 40.3 Å². The first-order valence-electron chi connectivity index (χ1n) is 11.6. The highest BCUT2D eigenvalue weighted by molar-refractivity contribution is 7.90. The van der Waals surface area contributed by atoms with E-state index in [0.717, 1.165) is 49.4 Å². The van der Waals surface area contributed by atoms with Crippen molar-refractivity contribution < 1.29 is 12.9 Å². The van der Waals surface area contributed by atoms with Gasteiger partial charge in [0, 0.05) is 43.6 Å². The van der Waals surface area contributed by atoms with E-state index in [1.165, 1.54) is 6.07 Å². The molecule has 0 unspecified atom stereocenters. The monoisotopic (exact) mass is 496 g/mol. The number of piperidine rings is 1. The largest absolute Gasteiger partial charge is 0.337 e. The highest BCUT2D eigenvalue weighted by Crippen LogP contribution is 2.32. The van der Waals surface area contributed by atoms with E-state index in [0.29, 0.717) is 23.2 Å². The fourth-order valence-electron chi connectivity index (χ4n) is 4.27. The highest BCUT2D eigenvalue weighted by atomic mass is 32.2. The molecule has 1 N–H and O–H groups in total. The van der Waals surface area contributed by atoms with E-state index in [1.54, 1.807) is 19.2 Å². The summed E-state index contributed by atoms with van der Waals surface area (Å²) in [5, 5.41) is 7.41. The van der Waals surface area contributed by atoms with Gasteiger partial charge in [0.1, 0.15) is 11.3 Å². The second kappa shape index (κ2) is 8.91. The van der Waals surface area contributed by atoms with Crippen LogP contribution < -0.4 is 10.2 Å². The van der Waals surface area contributed by atoms with Crippen molar-refractivity contribution in [2.24, 2.45) is 0 Å². The van der Waals surface area contributed by atoms with Crippen LogP contribution in [0.2, 0.25) is 0 Å². The number of nitrogens with one attached hydrogen (secondary N) is 1. The zero-order chi connectivity index (χ0) is 24.7. The molecular weight excluding hydrogens is 468 g/mol. The number of anilines is 3. The molecule has 4 aromatic rings. The van der Waals surface area contributed by atoms with Crippen LogP contribution in [0.25, 0.3) is 5.52 Å². The molecule has 0 radical (unpaired) electrons. The van der Waals surface area contributed by atoms with Gasteiger partial charge < -0.3 is 14.7 Å². The minimum atomic E-state index is -3.37. The molecule has 0 aromatic carbocycles. The lowest BCUT2D eigenvalue weighted by atomic mass is 9.96. The lowest BCUT2D eigenvalue weighted by molar-refractivity contribution is 0.384. The van der Waals surface area contributed by atoms with Crippen LogP contribution in [0.5, 0.6) is 0 Å². The summed E-state index contributed by atoms with van der Waals surface area (Å²) in [4.78, 5) is 20.1. The van der Waals surface area contributed by atoms with E-state index in [2.05, 4.69) is 34.7 Å². The molecule has 1 saturated heterocycles. The lowest BCUT2D eigenvalue weighted by Crippen LogP contribution is -2.33. The van der Waals surface area contributed by atoms with Crippen LogP contribution in [-0.4, -0.2) is 57.3 Å². The minimum Gasteiger partial charge on any atom is -0.337 e. The zero-order valence-corrected chi connectivity index (χ0v) is 20.9. The molecule has 5 heterocycles. The average Bonchev–Trinajstić information content (AvgIpc) is 3.48. The first-order chi connectivity index (χ1) is 16.7. The third-order valence-corrected chi connectivity index (χ3v) is 7.25. The number of fused-ring (bicyclic) bond motifs is 1. The third-order valence-electron chi connectivity index (χ3n) is 6.26. The summed E-state index contributed by atoms with van der Waals surface area (Å²) in [7, 11) is -3.37. The Morgan fingerprint density at radius 2 is 1.91 bits per heavy atom. The Bertz CT molecular complexity index is 1470. The molecule has 0 saturated carbocycles. The molecule has 1 fully saturated rings. The molecule has 0 aliphatic carbocycles. The van der Waals surface area contributed by atoms with E-state index in [-0.39, 0.29) is 16.9 Å². The number of sulfone groups is 1. The molecule has 5 rings (SSSR count). The summed E-state index contributed by atoms with van der Waals surface area (Å²) in [6.07, 6.45) is 8.44. The van der Waals surface area contributed by atoms with Crippen LogP contribution in [0, 0.1) is 6.92 Å². The third kappa shape index (κ3) is 4.57. The van der Waals surface area contributed by atoms with Crippen molar-refractivity contribution in [2.45, 2.75) is 50.5 Å². The fourth-order valence-corrected chi connectivity index (χ4v) is 4.89. The molecule has 184 valence electrons. The van der Waals surface area contributed by atoms with Gasteiger partial charge in [-0.15, -0.1) is 0 Å². The topological polar surface area (TPSA) is 131 Å². The number of aromatic nitrogens is 6. The Labute approximate surface area is 203 Å². The van der Waals surface area contributed by atoms with Crippen LogP contribution in [-0.2, 0) is 9.84 Å². The summed E-state index contributed by atoms with van der Waals surface area (Å²) >= 11 is 0. The zero-order valence-electron chi connectivity index (χ0n) is 20.1. The van der Waals surface area contributed by atoms with Gasteiger partial charge in [-0.1, -0.05) is 19.0 Å². The summed E-state index contributed by atoms with van der Waals surface area (Å²) in [5.41, 5.74) is 2.11. The van der Waals surface area contributed by atoms with Gasteiger partial charge in [0.15, 0.2) is 26.5 Å². The molecule has 12 heteroatoms. The van der Waals surface area contributed by atoms with Crippen LogP contribution in [0.3, 0.4) is 0 Å². The Morgan fingerprint density at radius 1 is 1.14 bits per heavy atom. The van der Waals surface area contributed by atoms with Crippen molar-refractivity contribution in [1.29, 1.82) is 0 Å². The van der Waals surface area contributed by atoms with Crippen LogP contribution in [0.4, 0.5) is 17.5 Å². The second-order valence-electron chi connectivity index (χ2n) is 9.18. The number of rotatable bonds is 6. The highest BCUT2D eigenvalue weighted by Gasteiger charge is 2.27. The van der Waals surface area contributed by atoms with E-state index in [9.17, 15) is 8.42 Å². The van der Waals surface area contributed by atoms with E-state index in [1.807, 2.05) is 26.2 Å². The molecule has 0 spiro atoms. The predicted molar refractivity (Wildman–Crippen MR) is 131 cm³/mol. The Hall–Kier alpha value is -3.54. The van der Waals surface area contributed by atoms with E-state index in [4.69, 9.17) is 9.51 Å². The normalized spacial score (nSPS) is 15.3. The molecule has 11 nitrogen and oxygen atoms in total. The summed E-state index contributed by atoms with van der Waals surface area (Å²) in [5.74, 6) is 2.86. The van der Waals surface area contributed by atoms with Crippen molar-refractivity contribution >= 4 is 32.9 Å². The second-order valence-corrected chi connectivity index (χ2v) is 11.1. The SMILES string of the molecule is Cc1nc(S(C)(=O)=O)ccc1Nc1nccn2c(C3CCN(c4nc(C(C)C)no4)CC3)ncc12. The van der Waals surface area contributed by atoms with Crippen molar-refractivity contribution in [2.75, 3.05) is 29.6 Å². The van der Waals surface area contributed by atoms with E-state index >= 15 is 0 Å². The van der Waals surface area contributed by atoms with Gasteiger partial charge in [-0.2, -0.15) is 4.98 Å². The number of hydrogen-bond donors (Lipinski definition) is 1. The number of aryl methyl sites for hydroxylation is 1. The van der Waals surface area contributed by atoms with Gasteiger partial charge in [0.05, 0.1) is 17.6 Å². The summed E-state index contributed by atoms with van der Waals surface area (Å²) in [6, 6.07) is 3.79. The number of pyridine rings is 1. The Kier molecular flexibility index (Phi) is 5.91. The standard InChI is InChI=1S/C23H28N8O3S/c1-14(2)20-28-23(34-29-20)30-10-7-16(8-11-30)22-25-13-18-21(24-9-12-31(18)22)27-17-5-6-19(26-15(17)3)35(4,32)33/h5-6,9,12-14,16H,7-8,10-11H2,1-4H3,(H,24,27). The van der Waals surface area contributed by atoms with Gasteiger partial charge in [0.25, 0.3) is 0 Å². The van der Waals surface area contributed by atoms with Gasteiger partial charge in [-0.25, -0.2) is 23.4 Å². The lowest BCUT2D eigenvalue weighted by Gasteiger charge is -2.29. The maximum Gasteiger partial charge on any atom is 0.324 e.